The Balaban J connectivity index is 1.97. The number of hydrogen-bond donors (Lipinski definition) is 0. The Kier molecular flexibility index (Phi) is 5.05. The van der Waals surface area contributed by atoms with Gasteiger partial charge in [-0.15, -0.1) is 5.10 Å². The third-order valence-electron chi connectivity index (χ3n) is 2.61. The van der Waals surface area contributed by atoms with Crippen LogP contribution in [0.1, 0.15) is 25.5 Å². The van der Waals surface area contributed by atoms with Crippen LogP contribution in [0.15, 0.2) is 24.4 Å². The lowest BCUT2D eigenvalue weighted by Gasteiger charge is -2.07. The molecule has 0 fully saturated rings. The molecule has 102 valence electrons. The van der Waals surface area contributed by atoms with Crippen LogP contribution in [0.5, 0.6) is 5.75 Å². The minimum absolute atomic E-state index is 0.301. The lowest BCUT2D eigenvalue weighted by atomic mass is 10.3. The fourth-order valence-corrected chi connectivity index (χ4v) is 2.11. The predicted octanol–water partition coefficient (Wildman–Crippen LogP) is 3.96. The van der Waals surface area contributed by atoms with Crippen molar-refractivity contribution >= 4 is 23.2 Å². The van der Waals surface area contributed by atoms with Crippen molar-refractivity contribution < 1.29 is 4.74 Å². The van der Waals surface area contributed by atoms with Crippen LogP contribution in [0.2, 0.25) is 10.0 Å². The number of halogens is 2. The Labute approximate surface area is 122 Å². The van der Waals surface area contributed by atoms with Crippen molar-refractivity contribution in [2.24, 2.45) is 0 Å². The molecule has 0 aliphatic rings. The maximum Gasteiger partial charge on any atom is 0.157 e. The standard InChI is InChI=1S/C13H15Cl2N3O/c1-2-3-7-18-8-10(16-17-18)9-19-13-11(14)5-4-6-12(13)15/h4-6,8H,2-3,7,9H2,1H3. The van der Waals surface area contributed by atoms with Gasteiger partial charge in [-0.2, -0.15) is 0 Å². The highest BCUT2D eigenvalue weighted by molar-refractivity contribution is 6.37. The molecule has 0 unspecified atom stereocenters. The van der Waals surface area contributed by atoms with E-state index in [4.69, 9.17) is 27.9 Å². The molecule has 0 bridgehead atoms. The van der Waals surface area contributed by atoms with Crippen LogP contribution in [-0.2, 0) is 13.2 Å². The van der Waals surface area contributed by atoms with Crippen molar-refractivity contribution in [2.75, 3.05) is 0 Å². The molecular weight excluding hydrogens is 285 g/mol. The minimum atomic E-state index is 0.301. The van der Waals surface area contributed by atoms with E-state index in [1.165, 1.54) is 0 Å². The summed E-state index contributed by atoms with van der Waals surface area (Å²) < 4.78 is 7.41. The third kappa shape index (κ3) is 3.85. The molecule has 0 saturated heterocycles. The summed E-state index contributed by atoms with van der Waals surface area (Å²) >= 11 is 12.0. The molecule has 19 heavy (non-hydrogen) atoms. The first-order valence-corrected chi connectivity index (χ1v) is 6.92. The minimum Gasteiger partial charge on any atom is -0.484 e. The number of ether oxygens (including phenoxy) is 1. The molecule has 0 aliphatic carbocycles. The van der Waals surface area contributed by atoms with Crippen molar-refractivity contribution in [1.82, 2.24) is 15.0 Å². The number of rotatable bonds is 6. The molecule has 4 nitrogen and oxygen atoms in total. The molecule has 2 rings (SSSR count). The van der Waals surface area contributed by atoms with Crippen molar-refractivity contribution in [3.63, 3.8) is 0 Å². The van der Waals surface area contributed by atoms with Crippen molar-refractivity contribution in [2.45, 2.75) is 32.9 Å². The molecule has 0 amide bonds. The van der Waals surface area contributed by atoms with Gasteiger partial charge in [0, 0.05) is 6.54 Å². The van der Waals surface area contributed by atoms with Gasteiger partial charge in [0.1, 0.15) is 12.3 Å². The van der Waals surface area contributed by atoms with Crippen LogP contribution < -0.4 is 4.74 Å². The summed E-state index contributed by atoms with van der Waals surface area (Å²) in [5.41, 5.74) is 0.757. The Morgan fingerprint density at radius 1 is 1.26 bits per heavy atom. The largest absolute Gasteiger partial charge is 0.484 e. The van der Waals surface area contributed by atoms with Crippen molar-refractivity contribution in [3.05, 3.63) is 40.1 Å². The summed E-state index contributed by atoms with van der Waals surface area (Å²) in [7, 11) is 0. The molecule has 1 aromatic carbocycles. The zero-order chi connectivity index (χ0) is 13.7. The van der Waals surface area contributed by atoms with Gasteiger partial charge >= 0.3 is 0 Å². The smallest absolute Gasteiger partial charge is 0.157 e. The third-order valence-corrected chi connectivity index (χ3v) is 3.21. The predicted molar refractivity (Wildman–Crippen MR) is 75.7 cm³/mol. The summed E-state index contributed by atoms with van der Waals surface area (Å²) in [4.78, 5) is 0. The van der Waals surface area contributed by atoms with Crippen molar-refractivity contribution in [1.29, 1.82) is 0 Å². The Morgan fingerprint density at radius 2 is 2.00 bits per heavy atom. The van der Waals surface area contributed by atoms with Gasteiger partial charge < -0.3 is 4.74 Å². The van der Waals surface area contributed by atoms with E-state index in [-0.39, 0.29) is 0 Å². The number of aromatic nitrogens is 3. The maximum atomic E-state index is 6.02. The molecule has 0 aliphatic heterocycles. The molecule has 0 radical (unpaired) electrons. The van der Waals surface area contributed by atoms with E-state index in [0.29, 0.717) is 22.4 Å². The van der Waals surface area contributed by atoms with E-state index in [1.807, 2.05) is 10.9 Å². The van der Waals surface area contributed by atoms with E-state index in [1.54, 1.807) is 18.2 Å². The van der Waals surface area contributed by atoms with Gasteiger partial charge in [-0.1, -0.05) is 47.8 Å². The number of benzene rings is 1. The Bertz CT molecular complexity index is 522. The topological polar surface area (TPSA) is 39.9 Å². The molecule has 2 aromatic rings. The summed E-state index contributed by atoms with van der Waals surface area (Å²) in [6.45, 7) is 3.31. The van der Waals surface area contributed by atoms with E-state index in [0.717, 1.165) is 25.1 Å². The molecule has 0 spiro atoms. The van der Waals surface area contributed by atoms with Gasteiger partial charge in [0.15, 0.2) is 5.75 Å². The van der Waals surface area contributed by atoms with Gasteiger partial charge in [0.05, 0.1) is 16.2 Å². The normalized spacial score (nSPS) is 10.7. The molecule has 0 atom stereocenters. The molecule has 1 aromatic heterocycles. The van der Waals surface area contributed by atoms with Gasteiger partial charge in [0.2, 0.25) is 0 Å². The fraction of sp³-hybridized carbons (Fsp3) is 0.385. The van der Waals surface area contributed by atoms with Crippen LogP contribution in [0.4, 0.5) is 0 Å². The molecule has 6 heteroatoms. The first-order chi connectivity index (χ1) is 9.20. The zero-order valence-corrected chi connectivity index (χ0v) is 12.2. The quantitative estimate of drug-likeness (QED) is 0.810. The molecular formula is C13H15Cl2N3O. The zero-order valence-electron chi connectivity index (χ0n) is 10.6. The van der Waals surface area contributed by atoms with Crippen LogP contribution in [0, 0.1) is 0 Å². The highest BCUT2D eigenvalue weighted by atomic mass is 35.5. The van der Waals surface area contributed by atoms with Crippen LogP contribution in [-0.4, -0.2) is 15.0 Å². The first-order valence-electron chi connectivity index (χ1n) is 6.16. The average molecular weight is 300 g/mol. The number of para-hydroxylation sites is 1. The number of hydrogen-bond acceptors (Lipinski definition) is 3. The van der Waals surface area contributed by atoms with Crippen LogP contribution >= 0.6 is 23.2 Å². The van der Waals surface area contributed by atoms with Gasteiger partial charge in [-0.25, -0.2) is 0 Å². The Morgan fingerprint density at radius 3 is 2.68 bits per heavy atom. The second-order valence-electron chi connectivity index (χ2n) is 4.17. The van der Waals surface area contributed by atoms with Gasteiger partial charge in [0.25, 0.3) is 0 Å². The van der Waals surface area contributed by atoms with Crippen LogP contribution in [0.3, 0.4) is 0 Å². The summed E-state index contributed by atoms with van der Waals surface area (Å²) in [6, 6.07) is 5.25. The van der Waals surface area contributed by atoms with Gasteiger partial charge in [-0.3, -0.25) is 4.68 Å². The maximum absolute atomic E-state index is 6.02. The highest BCUT2D eigenvalue weighted by Gasteiger charge is 2.08. The van der Waals surface area contributed by atoms with Crippen LogP contribution in [0.25, 0.3) is 0 Å². The SMILES string of the molecule is CCCCn1cc(COc2c(Cl)cccc2Cl)nn1. The lowest BCUT2D eigenvalue weighted by Crippen LogP contribution is -1.98. The van der Waals surface area contributed by atoms with E-state index >= 15 is 0 Å². The fourth-order valence-electron chi connectivity index (χ4n) is 1.60. The molecule has 0 N–H and O–H groups in total. The second kappa shape index (κ2) is 6.78. The average Bonchev–Trinajstić information content (AvgIpc) is 2.84. The van der Waals surface area contributed by atoms with E-state index in [9.17, 15) is 0 Å². The first kappa shape index (κ1) is 14.2. The number of nitrogens with zero attached hydrogens (tertiary/aromatic N) is 3. The van der Waals surface area contributed by atoms with Crippen molar-refractivity contribution in [3.8, 4) is 5.75 Å². The highest BCUT2D eigenvalue weighted by Crippen LogP contribution is 2.32. The lowest BCUT2D eigenvalue weighted by molar-refractivity contribution is 0.301. The Hall–Kier alpha value is -1.26. The van der Waals surface area contributed by atoms with Gasteiger partial charge in [-0.05, 0) is 18.6 Å². The molecule has 0 saturated carbocycles. The summed E-state index contributed by atoms with van der Waals surface area (Å²) in [5.74, 6) is 0.481. The van der Waals surface area contributed by atoms with E-state index < -0.39 is 0 Å². The molecule has 1 heterocycles. The van der Waals surface area contributed by atoms with E-state index in [2.05, 4.69) is 17.2 Å². The summed E-state index contributed by atoms with van der Waals surface area (Å²) in [5, 5.41) is 9.06. The summed E-state index contributed by atoms with van der Waals surface area (Å²) in [6.07, 6.45) is 4.08. The number of aryl methyl sites for hydroxylation is 1. The second-order valence-corrected chi connectivity index (χ2v) is 4.98. The number of unbranched alkanes of at least 4 members (excludes halogenated alkanes) is 1. The monoisotopic (exact) mass is 299 g/mol.